The van der Waals surface area contributed by atoms with Crippen molar-refractivity contribution in [2.45, 2.75) is 26.3 Å². The lowest BCUT2D eigenvalue weighted by atomic mass is 10.2. The van der Waals surface area contributed by atoms with E-state index in [4.69, 9.17) is 14.2 Å². The average Bonchev–Trinajstić information content (AvgIpc) is 2.66. The third-order valence-corrected chi connectivity index (χ3v) is 4.22. The van der Waals surface area contributed by atoms with Gasteiger partial charge in [-0.3, -0.25) is 4.79 Å². The minimum atomic E-state index is -0.527. The van der Waals surface area contributed by atoms with Crippen LogP contribution in [0.4, 0.5) is 4.39 Å². The number of benzene rings is 2. The van der Waals surface area contributed by atoms with E-state index < -0.39 is 5.82 Å². The molecular weight excluding hydrogens is 417 g/mol. The highest BCUT2D eigenvalue weighted by Crippen LogP contribution is 2.28. The third-order valence-electron chi connectivity index (χ3n) is 3.73. The number of carbonyl (C=O) groups excluding carboxylic acids is 1. The summed E-state index contributed by atoms with van der Waals surface area (Å²) < 4.78 is 30.5. The monoisotopic (exact) mass is 439 g/mol. The van der Waals surface area contributed by atoms with Gasteiger partial charge in [0.25, 0.3) is 5.91 Å². The molecule has 0 heterocycles. The van der Waals surface area contributed by atoms with Gasteiger partial charge in [-0.2, -0.15) is 0 Å². The Labute approximate surface area is 166 Å². The number of amides is 1. The molecule has 0 unspecified atom stereocenters. The smallest absolute Gasteiger partial charge is 0.258 e. The Morgan fingerprint density at radius 1 is 1.11 bits per heavy atom. The number of hydrogen-bond donors (Lipinski definition) is 1. The van der Waals surface area contributed by atoms with Gasteiger partial charge in [0, 0.05) is 11.0 Å². The Kier molecular flexibility index (Phi) is 8.39. The number of methoxy groups -OCH3 is 1. The molecule has 27 heavy (non-hydrogen) atoms. The van der Waals surface area contributed by atoms with Crippen LogP contribution in [0.15, 0.2) is 40.9 Å². The lowest BCUT2D eigenvalue weighted by molar-refractivity contribution is -0.123. The first-order valence-corrected chi connectivity index (χ1v) is 9.47. The average molecular weight is 440 g/mol. The van der Waals surface area contributed by atoms with E-state index in [1.807, 2.05) is 18.2 Å². The molecule has 0 atom stereocenters. The third kappa shape index (κ3) is 6.75. The van der Waals surface area contributed by atoms with Gasteiger partial charge in [0.05, 0.1) is 13.7 Å². The first kappa shape index (κ1) is 21.0. The van der Waals surface area contributed by atoms with Crippen LogP contribution in [0.1, 0.15) is 25.3 Å². The van der Waals surface area contributed by atoms with Crippen LogP contribution in [0.2, 0.25) is 0 Å². The van der Waals surface area contributed by atoms with Crippen molar-refractivity contribution in [3.05, 3.63) is 52.3 Å². The molecule has 0 saturated carbocycles. The predicted octanol–water partition coefficient (Wildman–Crippen LogP) is 4.47. The molecule has 1 N–H and O–H groups in total. The predicted molar refractivity (Wildman–Crippen MR) is 105 cm³/mol. The van der Waals surface area contributed by atoms with Crippen LogP contribution in [0.5, 0.6) is 17.2 Å². The lowest BCUT2D eigenvalue weighted by Gasteiger charge is -2.13. The molecule has 5 nitrogen and oxygen atoms in total. The van der Waals surface area contributed by atoms with Crippen molar-refractivity contribution in [3.8, 4) is 17.2 Å². The van der Waals surface area contributed by atoms with Gasteiger partial charge in [0.15, 0.2) is 29.7 Å². The Hall–Kier alpha value is -2.28. The van der Waals surface area contributed by atoms with Gasteiger partial charge in [-0.15, -0.1) is 0 Å². The summed E-state index contributed by atoms with van der Waals surface area (Å²) in [5.74, 6) is 0.449. The molecule has 1 amide bonds. The van der Waals surface area contributed by atoms with Crippen LogP contribution >= 0.6 is 15.9 Å². The van der Waals surface area contributed by atoms with Gasteiger partial charge in [0.1, 0.15) is 0 Å². The van der Waals surface area contributed by atoms with Gasteiger partial charge in [-0.25, -0.2) is 4.39 Å². The zero-order valence-electron chi connectivity index (χ0n) is 15.4. The molecule has 0 spiro atoms. The summed E-state index contributed by atoms with van der Waals surface area (Å²) in [6.45, 7) is 2.76. The largest absolute Gasteiger partial charge is 0.493 e. The number of rotatable bonds is 10. The van der Waals surface area contributed by atoms with Gasteiger partial charge >= 0.3 is 0 Å². The van der Waals surface area contributed by atoms with Crippen molar-refractivity contribution in [1.82, 2.24) is 5.32 Å². The second-order valence-electron chi connectivity index (χ2n) is 5.83. The maximum absolute atomic E-state index is 13.7. The zero-order chi connectivity index (χ0) is 19.6. The van der Waals surface area contributed by atoms with Gasteiger partial charge in [-0.1, -0.05) is 35.3 Å². The molecule has 0 aliphatic heterocycles. The summed E-state index contributed by atoms with van der Waals surface area (Å²) in [6.07, 6.45) is 2.03. The summed E-state index contributed by atoms with van der Waals surface area (Å²) in [4.78, 5) is 11.9. The molecule has 2 aromatic rings. The number of unbranched alkanes of at least 4 members (excludes halogenated alkanes) is 1. The van der Waals surface area contributed by atoms with E-state index in [1.54, 1.807) is 13.2 Å². The molecule has 0 bridgehead atoms. The minimum Gasteiger partial charge on any atom is -0.493 e. The number of ether oxygens (including phenoxy) is 3. The van der Waals surface area contributed by atoms with E-state index >= 15 is 0 Å². The molecule has 0 fully saturated rings. The van der Waals surface area contributed by atoms with Crippen molar-refractivity contribution in [3.63, 3.8) is 0 Å². The molecule has 0 aliphatic carbocycles. The lowest BCUT2D eigenvalue weighted by Crippen LogP contribution is -2.28. The van der Waals surface area contributed by atoms with Crippen LogP contribution in [0.25, 0.3) is 0 Å². The molecule has 2 aromatic carbocycles. The van der Waals surface area contributed by atoms with E-state index in [2.05, 4.69) is 28.2 Å². The highest BCUT2D eigenvalue weighted by molar-refractivity contribution is 9.10. The second-order valence-corrected chi connectivity index (χ2v) is 6.74. The summed E-state index contributed by atoms with van der Waals surface area (Å²) >= 11 is 3.17. The van der Waals surface area contributed by atoms with Crippen molar-refractivity contribution >= 4 is 21.8 Å². The van der Waals surface area contributed by atoms with Crippen molar-refractivity contribution in [2.75, 3.05) is 20.3 Å². The summed E-state index contributed by atoms with van der Waals surface area (Å²) in [5, 5.41) is 2.73. The summed E-state index contributed by atoms with van der Waals surface area (Å²) in [7, 11) is 1.57. The molecule has 2 rings (SSSR count). The van der Waals surface area contributed by atoms with Gasteiger partial charge in [0.2, 0.25) is 0 Å². The van der Waals surface area contributed by atoms with Gasteiger partial charge < -0.3 is 19.5 Å². The summed E-state index contributed by atoms with van der Waals surface area (Å²) in [5.41, 5.74) is 0.859. The maximum atomic E-state index is 13.7. The SMILES string of the molecule is CCCCOc1ccc(CNC(=O)COc2ccc(Br)cc2F)cc1OC. The molecular formula is C20H23BrFNO4. The molecule has 7 heteroatoms. The fraction of sp³-hybridized carbons (Fsp3) is 0.350. The fourth-order valence-electron chi connectivity index (χ4n) is 2.25. The zero-order valence-corrected chi connectivity index (χ0v) is 17.0. The van der Waals surface area contributed by atoms with E-state index in [0.717, 1.165) is 18.4 Å². The van der Waals surface area contributed by atoms with Crippen LogP contribution in [0, 0.1) is 5.82 Å². The summed E-state index contributed by atoms with van der Waals surface area (Å²) in [6, 6.07) is 9.89. The van der Waals surface area contributed by atoms with Gasteiger partial charge in [-0.05, 0) is 42.3 Å². The minimum absolute atomic E-state index is 0.0311. The van der Waals surface area contributed by atoms with Crippen molar-refractivity contribution in [1.29, 1.82) is 0 Å². The van der Waals surface area contributed by atoms with E-state index in [0.29, 0.717) is 29.1 Å². The van der Waals surface area contributed by atoms with Crippen LogP contribution in [-0.2, 0) is 11.3 Å². The van der Waals surface area contributed by atoms with E-state index in [9.17, 15) is 9.18 Å². The Bertz CT molecular complexity index is 770. The first-order valence-electron chi connectivity index (χ1n) is 8.67. The topological polar surface area (TPSA) is 56.8 Å². The molecule has 0 radical (unpaired) electrons. The first-order chi connectivity index (χ1) is 13.0. The Balaban J connectivity index is 1.85. The maximum Gasteiger partial charge on any atom is 0.258 e. The molecule has 0 aromatic heterocycles. The second kappa shape index (κ2) is 10.8. The van der Waals surface area contributed by atoms with Crippen LogP contribution in [0.3, 0.4) is 0 Å². The normalized spacial score (nSPS) is 10.4. The Morgan fingerprint density at radius 3 is 2.59 bits per heavy atom. The molecule has 0 saturated heterocycles. The quantitative estimate of drug-likeness (QED) is 0.554. The fourth-order valence-corrected chi connectivity index (χ4v) is 2.59. The molecule has 146 valence electrons. The standard InChI is InChI=1S/C20H23BrFNO4/c1-3-4-9-26-18-7-5-14(10-19(18)25-2)12-23-20(24)13-27-17-8-6-15(21)11-16(17)22/h5-8,10-11H,3-4,9,12-13H2,1-2H3,(H,23,24). The van der Waals surface area contributed by atoms with E-state index in [1.165, 1.54) is 12.1 Å². The number of hydrogen-bond acceptors (Lipinski definition) is 4. The highest BCUT2D eigenvalue weighted by Gasteiger charge is 2.09. The van der Waals surface area contributed by atoms with Crippen LogP contribution < -0.4 is 19.5 Å². The number of halogens is 2. The van der Waals surface area contributed by atoms with Crippen molar-refractivity contribution in [2.24, 2.45) is 0 Å². The van der Waals surface area contributed by atoms with E-state index in [-0.39, 0.29) is 18.3 Å². The highest BCUT2D eigenvalue weighted by atomic mass is 79.9. The number of nitrogens with one attached hydrogen (secondary N) is 1. The van der Waals surface area contributed by atoms with Crippen LogP contribution in [-0.4, -0.2) is 26.2 Å². The number of carbonyl (C=O) groups is 1. The molecule has 0 aliphatic rings. The van der Waals surface area contributed by atoms with Crippen molar-refractivity contribution < 1.29 is 23.4 Å². The Morgan fingerprint density at radius 2 is 1.89 bits per heavy atom.